The predicted octanol–water partition coefficient (Wildman–Crippen LogP) is 3.59. The molecule has 4 rings (SSSR count). The molecule has 1 saturated heterocycles. The minimum Gasteiger partial charge on any atom is -0.377 e. The summed E-state index contributed by atoms with van der Waals surface area (Å²) in [5.74, 6) is -0.204. The molecule has 148 valence electrons. The molecule has 3 aromatic rings. The van der Waals surface area contributed by atoms with E-state index in [0.717, 1.165) is 5.69 Å². The molecule has 29 heavy (non-hydrogen) atoms. The van der Waals surface area contributed by atoms with Crippen LogP contribution in [0.5, 0.6) is 0 Å². The van der Waals surface area contributed by atoms with Gasteiger partial charge in [-0.2, -0.15) is 0 Å². The number of amides is 2. The van der Waals surface area contributed by atoms with Crippen molar-refractivity contribution in [3.05, 3.63) is 84.2 Å². The summed E-state index contributed by atoms with van der Waals surface area (Å²) in [6.07, 6.45) is 3.91. The second-order valence-corrected chi connectivity index (χ2v) is 7.09. The number of carbonyl (C=O) groups excluding carboxylic acids is 2. The Balaban J connectivity index is 1.40. The summed E-state index contributed by atoms with van der Waals surface area (Å²) in [6.45, 7) is 3.70. The lowest BCUT2D eigenvalue weighted by atomic mass is 10.1. The van der Waals surface area contributed by atoms with Gasteiger partial charge < -0.3 is 19.5 Å². The highest BCUT2D eigenvalue weighted by molar-refractivity contribution is 6.04. The van der Waals surface area contributed by atoms with Crippen LogP contribution in [0.1, 0.15) is 27.6 Å². The van der Waals surface area contributed by atoms with Crippen molar-refractivity contribution < 1.29 is 14.3 Å². The van der Waals surface area contributed by atoms with Gasteiger partial charge in [0.2, 0.25) is 0 Å². The van der Waals surface area contributed by atoms with Gasteiger partial charge in [-0.15, -0.1) is 0 Å². The number of carbonyl (C=O) groups is 2. The normalized spacial score (nSPS) is 16.4. The molecule has 2 amide bonds. The molecule has 0 aliphatic carbocycles. The summed E-state index contributed by atoms with van der Waals surface area (Å²) in [7, 11) is 0. The molecular weight excluding hydrogens is 366 g/mol. The second kappa shape index (κ2) is 8.32. The first-order valence-corrected chi connectivity index (χ1v) is 9.65. The van der Waals surface area contributed by atoms with Crippen molar-refractivity contribution in [1.29, 1.82) is 0 Å². The van der Waals surface area contributed by atoms with Gasteiger partial charge in [0.1, 0.15) is 0 Å². The quantitative estimate of drug-likeness (QED) is 0.742. The third kappa shape index (κ3) is 4.22. The van der Waals surface area contributed by atoms with Gasteiger partial charge in [-0.05, 0) is 67.6 Å². The summed E-state index contributed by atoms with van der Waals surface area (Å²) >= 11 is 0. The van der Waals surface area contributed by atoms with Crippen molar-refractivity contribution in [3.63, 3.8) is 0 Å². The maximum Gasteiger partial charge on any atom is 0.255 e. The fourth-order valence-corrected chi connectivity index (χ4v) is 3.39. The molecular formula is C23H23N3O3. The molecule has 0 bridgehead atoms. The van der Waals surface area contributed by atoms with Crippen molar-refractivity contribution in [1.82, 2.24) is 9.47 Å². The first kappa shape index (κ1) is 19.0. The van der Waals surface area contributed by atoms with E-state index in [2.05, 4.69) is 5.32 Å². The van der Waals surface area contributed by atoms with E-state index in [1.54, 1.807) is 36.4 Å². The Hall–Kier alpha value is -3.38. The SMILES string of the molecule is CC1COCCN1C(=O)c1ccc(NC(=O)c2ccc(-n3cccc3)cc2)cc1. The third-order valence-electron chi connectivity index (χ3n) is 5.05. The molecule has 1 atom stereocenters. The zero-order valence-electron chi connectivity index (χ0n) is 16.2. The van der Waals surface area contributed by atoms with Crippen LogP contribution in [-0.4, -0.2) is 47.1 Å². The Bertz CT molecular complexity index is 979. The number of morpholine rings is 1. The van der Waals surface area contributed by atoms with Gasteiger partial charge in [-0.1, -0.05) is 0 Å². The Morgan fingerprint density at radius 2 is 1.62 bits per heavy atom. The van der Waals surface area contributed by atoms with Crippen molar-refractivity contribution >= 4 is 17.5 Å². The average Bonchev–Trinajstić information content (AvgIpc) is 3.29. The van der Waals surface area contributed by atoms with Gasteiger partial charge >= 0.3 is 0 Å². The Morgan fingerprint density at radius 1 is 0.966 bits per heavy atom. The molecule has 2 aromatic carbocycles. The lowest BCUT2D eigenvalue weighted by molar-refractivity contribution is 0.00359. The lowest BCUT2D eigenvalue weighted by Gasteiger charge is -2.33. The van der Waals surface area contributed by atoms with Crippen molar-refractivity contribution in [2.75, 3.05) is 25.1 Å². The van der Waals surface area contributed by atoms with E-state index in [-0.39, 0.29) is 17.9 Å². The first-order valence-electron chi connectivity index (χ1n) is 9.65. The van der Waals surface area contributed by atoms with Crippen LogP contribution >= 0.6 is 0 Å². The molecule has 0 saturated carbocycles. The van der Waals surface area contributed by atoms with E-state index >= 15 is 0 Å². The maximum atomic E-state index is 12.7. The molecule has 1 aromatic heterocycles. The van der Waals surface area contributed by atoms with Crippen LogP contribution in [0.3, 0.4) is 0 Å². The maximum absolute atomic E-state index is 12.7. The van der Waals surface area contributed by atoms with E-state index in [1.807, 2.05) is 53.0 Å². The summed E-state index contributed by atoms with van der Waals surface area (Å²) in [5.41, 5.74) is 2.82. The van der Waals surface area contributed by atoms with Crippen molar-refractivity contribution in [3.8, 4) is 5.69 Å². The molecule has 6 nitrogen and oxygen atoms in total. The second-order valence-electron chi connectivity index (χ2n) is 7.09. The van der Waals surface area contributed by atoms with Gasteiger partial charge in [-0.3, -0.25) is 9.59 Å². The minimum absolute atomic E-state index is 0.0146. The molecule has 1 aliphatic rings. The smallest absolute Gasteiger partial charge is 0.255 e. The summed E-state index contributed by atoms with van der Waals surface area (Å²) < 4.78 is 7.37. The fraction of sp³-hybridized carbons (Fsp3) is 0.217. The van der Waals surface area contributed by atoms with Gasteiger partial charge in [0.15, 0.2) is 0 Å². The molecule has 1 N–H and O–H groups in total. The number of benzene rings is 2. The highest BCUT2D eigenvalue weighted by Gasteiger charge is 2.24. The Kier molecular flexibility index (Phi) is 5.44. The molecule has 1 fully saturated rings. The first-order chi connectivity index (χ1) is 14.1. The van der Waals surface area contributed by atoms with Crippen LogP contribution in [0.2, 0.25) is 0 Å². The van der Waals surface area contributed by atoms with E-state index in [4.69, 9.17) is 4.74 Å². The van der Waals surface area contributed by atoms with Crippen LogP contribution in [0.15, 0.2) is 73.1 Å². The summed E-state index contributed by atoms with van der Waals surface area (Å²) in [6, 6.07) is 18.4. The molecule has 2 heterocycles. The fourth-order valence-electron chi connectivity index (χ4n) is 3.39. The highest BCUT2D eigenvalue weighted by atomic mass is 16.5. The number of rotatable bonds is 4. The summed E-state index contributed by atoms with van der Waals surface area (Å²) in [4.78, 5) is 27.0. The standard InChI is InChI=1S/C23H23N3O3/c1-17-16-29-15-14-26(17)23(28)19-4-8-20(9-5-19)24-22(27)18-6-10-21(11-7-18)25-12-2-3-13-25/h2-13,17H,14-16H2,1H3,(H,24,27). The monoisotopic (exact) mass is 389 g/mol. The number of nitrogens with zero attached hydrogens (tertiary/aromatic N) is 2. The predicted molar refractivity (Wildman–Crippen MR) is 111 cm³/mol. The number of anilines is 1. The van der Waals surface area contributed by atoms with Crippen LogP contribution in [-0.2, 0) is 4.74 Å². The average molecular weight is 389 g/mol. The Labute approximate surface area is 169 Å². The highest BCUT2D eigenvalue weighted by Crippen LogP contribution is 2.17. The number of nitrogens with one attached hydrogen (secondary N) is 1. The van der Waals surface area contributed by atoms with Gasteiger partial charge in [0, 0.05) is 41.4 Å². The minimum atomic E-state index is -0.190. The molecule has 1 unspecified atom stereocenters. The van der Waals surface area contributed by atoms with E-state index < -0.39 is 0 Å². The van der Waals surface area contributed by atoms with E-state index in [1.165, 1.54) is 0 Å². The van der Waals surface area contributed by atoms with Crippen LogP contribution in [0.4, 0.5) is 5.69 Å². The number of ether oxygens (including phenoxy) is 1. The zero-order valence-corrected chi connectivity index (χ0v) is 16.2. The lowest BCUT2D eigenvalue weighted by Crippen LogP contribution is -2.47. The molecule has 1 aliphatic heterocycles. The van der Waals surface area contributed by atoms with E-state index in [9.17, 15) is 9.59 Å². The zero-order chi connectivity index (χ0) is 20.2. The van der Waals surface area contributed by atoms with Crippen LogP contribution < -0.4 is 5.32 Å². The number of hydrogen-bond donors (Lipinski definition) is 1. The van der Waals surface area contributed by atoms with Crippen molar-refractivity contribution in [2.24, 2.45) is 0 Å². The largest absolute Gasteiger partial charge is 0.377 e. The third-order valence-corrected chi connectivity index (χ3v) is 5.05. The number of hydrogen-bond acceptors (Lipinski definition) is 3. The van der Waals surface area contributed by atoms with Gasteiger partial charge in [-0.25, -0.2) is 0 Å². The molecule has 6 heteroatoms. The van der Waals surface area contributed by atoms with Gasteiger partial charge in [0.05, 0.1) is 19.3 Å². The molecule has 0 spiro atoms. The van der Waals surface area contributed by atoms with E-state index in [0.29, 0.717) is 36.6 Å². The Morgan fingerprint density at radius 3 is 2.28 bits per heavy atom. The van der Waals surface area contributed by atoms with Crippen LogP contribution in [0.25, 0.3) is 5.69 Å². The van der Waals surface area contributed by atoms with Crippen LogP contribution in [0, 0.1) is 0 Å². The van der Waals surface area contributed by atoms with Crippen molar-refractivity contribution in [2.45, 2.75) is 13.0 Å². The topological polar surface area (TPSA) is 63.6 Å². The van der Waals surface area contributed by atoms with Gasteiger partial charge in [0.25, 0.3) is 11.8 Å². The number of aromatic nitrogens is 1. The summed E-state index contributed by atoms with van der Waals surface area (Å²) in [5, 5.41) is 2.88. The molecule has 0 radical (unpaired) electrons.